The van der Waals surface area contributed by atoms with E-state index in [1.165, 1.54) is 50.3 Å². The molecule has 0 radical (unpaired) electrons. The van der Waals surface area contributed by atoms with Crippen molar-refractivity contribution in [3.05, 3.63) is 22.1 Å². The Morgan fingerprint density at radius 1 is 0.971 bits per heavy atom. The first-order valence-electron chi connectivity index (χ1n) is 13.9. The maximum atomic E-state index is 13.6. The van der Waals surface area contributed by atoms with Gasteiger partial charge in [0.1, 0.15) is 0 Å². The van der Waals surface area contributed by atoms with E-state index in [1.54, 1.807) is 6.08 Å². The maximum Gasteiger partial charge on any atom is 0.200 e. The van der Waals surface area contributed by atoms with Gasteiger partial charge in [0.05, 0.1) is 11.1 Å². The molecule has 0 bridgehead atoms. The van der Waals surface area contributed by atoms with Gasteiger partial charge in [-0.3, -0.25) is 14.4 Å². The second-order valence-electron chi connectivity index (χ2n) is 10.1. The topological polar surface area (TPSA) is 78.5 Å². The summed E-state index contributed by atoms with van der Waals surface area (Å²) in [7, 11) is 0. The monoisotopic (exact) mass is 503 g/mol. The Morgan fingerprint density at radius 3 is 2.34 bits per heavy atom. The molecule has 6 nitrogen and oxygen atoms in total. The van der Waals surface area contributed by atoms with E-state index in [2.05, 4.69) is 22.5 Å². The summed E-state index contributed by atoms with van der Waals surface area (Å²) in [5, 5.41) is 6.57. The second kappa shape index (κ2) is 15.7. The zero-order chi connectivity index (χ0) is 24.9. The smallest absolute Gasteiger partial charge is 0.200 e. The molecule has 0 aromatic rings. The third kappa shape index (κ3) is 8.96. The quantitative estimate of drug-likeness (QED) is 0.195. The molecule has 2 saturated heterocycles. The van der Waals surface area contributed by atoms with Crippen molar-refractivity contribution in [1.82, 2.24) is 15.5 Å². The zero-order valence-corrected chi connectivity index (χ0v) is 22.5. The number of ketones is 3. The van der Waals surface area contributed by atoms with Crippen molar-refractivity contribution in [3.63, 3.8) is 0 Å². The van der Waals surface area contributed by atoms with Crippen molar-refractivity contribution in [1.29, 1.82) is 0 Å². The van der Waals surface area contributed by atoms with E-state index in [4.69, 9.17) is 0 Å². The van der Waals surface area contributed by atoms with Gasteiger partial charge in [0, 0.05) is 55.8 Å². The Bertz CT molecular complexity index is 778. The van der Waals surface area contributed by atoms with Crippen LogP contribution in [0.4, 0.5) is 0 Å². The third-order valence-electron chi connectivity index (χ3n) is 7.43. The molecule has 3 rings (SSSR count). The summed E-state index contributed by atoms with van der Waals surface area (Å²) in [6.07, 6.45) is 14.3. The number of thioether (sulfide) groups is 1. The molecule has 1 aliphatic carbocycles. The Labute approximate surface area is 216 Å². The molecule has 2 fully saturated rings. The average molecular weight is 504 g/mol. The van der Waals surface area contributed by atoms with Crippen LogP contribution in [-0.2, 0) is 14.4 Å². The van der Waals surface area contributed by atoms with Crippen molar-refractivity contribution < 1.29 is 14.4 Å². The Balaban J connectivity index is 1.57. The number of carbonyl (C=O) groups excluding carboxylic acids is 3. The first kappa shape index (κ1) is 28.3. The zero-order valence-electron chi connectivity index (χ0n) is 21.7. The summed E-state index contributed by atoms with van der Waals surface area (Å²) in [5.41, 5.74) is 0.531. The van der Waals surface area contributed by atoms with Crippen LogP contribution < -0.4 is 10.6 Å². The van der Waals surface area contributed by atoms with E-state index >= 15 is 0 Å². The number of Topliss-reactive ketones (excluding diaryl/α,β-unsaturated/α-hetero) is 3. The number of rotatable bonds is 15. The van der Waals surface area contributed by atoms with Crippen molar-refractivity contribution in [2.45, 2.75) is 84.0 Å². The summed E-state index contributed by atoms with van der Waals surface area (Å²) < 4.78 is 0. The van der Waals surface area contributed by atoms with Crippen LogP contribution in [0.15, 0.2) is 22.1 Å². The molecule has 0 saturated carbocycles. The molecule has 0 aromatic heterocycles. The molecule has 2 heterocycles. The molecular formula is C28H45N3O3S. The molecule has 2 N–H and O–H groups in total. The van der Waals surface area contributed by atoms with E-state index in [-0.39, 0.29) is 40.8 Å². The van der Waals surface area contributed by atoms with E-state index in [0.717, 1.165) is 69.7 Å². The van der Waals surface area contributed by atoms with E-state index < -0.39 is 0 Å². The number of piperazine rings is 1. The van der Waals surface area contributed by atoms with Crippen LogP contribution in [0.5, 0.6) is 0 Å². The number of unbranched alkanes of at least 4 members (excludes halogenated alkanes) is 7. The van der Waals surface area contributed by atoms with E-state index in [9.17, 15) is 14.4 Å². The summed E-state index contributed by atoms with van der Waals surface area (Å²) in [6.45, 7) is 7.97. The summed E-state index contributed by atoms with van der Waals surface area (Å²) in [5.74, 6) is 0.0813. The van der Waals surface area contributed by atoms with Crippen LogP contribution in [0.2, 0.25) is 0 Å². The molecule has 3 aliphatic rings. The van der Waals surface area contributed by atoms with Crippen molar-refractivity contribution in [2.24, 2.45) is 5.92 Å². The van der Waals surface area contributed by atoms with Gasteiger partial charge in [-0.05, 0) is 25.8 Å². The third-order valence-corrected chi connectivity index (χ3v) is 8.48. The highest BCUT2D eigenvalue weighted by Gasteiger charge is 2.35. The van der Waals surface area contributed by atoms with Gasteiger partial charge in [-0.15, -0.1) is 11.8 Å². The van der Waals surface area contributed by atoms with Crippen LogP contribution in [-0.4, -0.2) is 67.4 Å². The standard InChI is InChI=1S/C28H45N3O3S/c1-2-3-4-5-6-7-8-9-11-22(12-10-17-31-18-15-29-16-19-31)27(33)23-13-14-24(32)26(28(23)34)25-20-30-21-35-25/h13,22,29-30H,2-12,14-21H2,1H3. The number of nitrogens with zero attached hydrogens (tertiary/aromatic N) is 1. The van der Waals surface area contributed by atoms with Crippen LogP contribution in [0, 0.1) is 5.92 Å². The number of hydrogen-bond acceptors (Lipinski definition) is 7. The van der Waals surface area contributed by atoms with Gasteiger partial charge in [0.2, 0.25) is 5.78 Å². The molecule has 196 valence electrons. The summed E-state index contributed by atoms with van der Waals surface area (Å²) >= 11 is 1.51. The highest BCUT2D eigenvalue weighted by molar-refractivity contribution is 8.03. The first-order valence-corrected chi connectivity index (χ1v) is 14.9. The lowest BCUT2D eigenvalue weighted by atomic mass is 9.81. The lowest BCUT2D eigenvalue weighted by Crippen LogP contribution is -2.43. The maximum absolute atomic E-state index is 13.6. The van der Waals surface area contributed by atoms with Crippen molar-refractivity contribution in [3.8, 4) is 0 Å². The van der Waals surface area contributed by atoms with Gasteiger partial charge in [-0.1, -0.05) is 64.4 Å². The Hall–Kier alpha value is -1.28. The Morgan fingerprint density at radius 2 is 1.66 bits per heavy atom. The molecule has 0 spiro atoms. The first-order chi connectivity index (χ1) is 17.1. The SMILES string of the molecule is CCCCCCCCCCC(CCCN1CCNCC1)C(=O)C1=CCC(=O)C(=C2CNCS2)C1=O. The molecule has 0 aromatic carbocycles. The van der Waals surface area contributed by atoms with Gasteiger partial charge in [0.25, 0.3) is 0 Å². The van der Waals surface area contributed by atoms with Crippen LogP contribution in [0.3, 0.4) is 0 Å². The minimum atomic E-state index is -0.333. The molecule has 35 heavy (non-hydrogen) atoms. The molecule has 0 amide bonds. The molecular weight excluding hydrogens is 458 g/mol. The summed E-state index contributed by atoms with van der Waals surface area (Å²) in [4.78, 5) is 42.7. The van der Waals surface area contributed by atoms with Gasteiger partial charge >= 0.3 is 0 Å². The fraction of sp³-hybridized carbons (Fsp3) is 0.750. The molecule has 1 atom stereocenters. The average Bonchev–Trinajstić information content (AvgIpc) is 3.39. The highest BCUT2D eigenvalue weighted by atomic mass is 32.2. The predicted octanol–water partition coefficient (Wildman–Crippen LogP) is 4.40. The second-order valence-corrected chi connectivity index (χ2v) is 11.2. The van der Waals surface area contributed by atoms with Gasteiger partial charge in [-0.25, -0.2) is 0 Å². The van der Waals surface area contributed by atoms with Gasteiger partial charge < -0.3 is 15.5 Å². The van der Waals surface area contributed by atoms with Gasteiger partial charge in [0.15, 0.2) is 11.6 Å². The number of nitrogens with one attached hydrogen (secondary N) is 2. The van der Waals surface area contributed by atoms with Crippen LogP contribution in [0.1, 0.15) is 84.0 Å². The van der Waals surface area contributed by atoms with Crippen molar-refractivity contribution in [2.75, 3.05) is 45.1 Å². The normalized spacial score (nSPS) is 22.5. The minimum absolute atomic E-state index is 0.0280. The van der Waals surface area contributed by atoms with E-state index in [0.29, 0.717) is 12.4 Å². The number of hydrogen-bond donors (Lipinski definition) is 2. The Kier molecular flexibility index (Phi) is 12.7. The fourth-order valence-electron chi connectivity index (χ4n) is 5.31. The largest absolute Gasteiger partial charge is 0.314 e. The number of carbonyl (C=O) groups is 3. The lowest BCUT2D eigenvalue weighted by Gasteiger charge is -2.28. The minimum Gasteiger partial charge on any atom is -0.314 e. The summed E-state index contributed by atoms with van der Waals surface area (Å²) in [6, 6.07) is 0. The van der Waals surface area contributed by atoms with Crippen LogP contribution >= 0.6 is 11.8 Å². The number of allylic oxidation sites excluding steroid dienone is 3. The molecule has 2 aliphatic heterocycles. The molecule has 7 heteroatoms. The van der Waals surface area contributed by atoms with Crippen LogP contribution in [0.25, 0.3) is 0 Å². The van der Waals surface area contributed by atoms with Crippen molar-refractivity contribution >= 4 is 29.1 Å². The van der Waals surface area contributed by atoms with Gasteiger partial charge in [-0.2, -0.15) is 0 Å². The lowest BCUT2D eigenvalue weighted by molar-refractivity contribution is -0.124. The van der Waals surface area contributed by atoms with E-state index in [1.807, 2.05) is 0 Å². The predicted molar refractivity (Wildman–Crippen MR) is 144 cm³/mol. The fourth-order valence-corrected chi connectivity index (χ4v) is 6.24. The molecule has 1 unspecified atom stereocenters. The highest BCUT2D eigenvalue weighted by Crippen LogP contribution is 2.31.